The van der Waals surface area contributed by atoms with Crippen LogP contribution in [0.3, 0.4) is 0 Å². The summed E-state index contributed by atoms with van der Waals surface area (Å²) < 4.78 is 5.27. The molecule has 0 spiro atoms. The molecule has 2 fully saturated rings. The van der Waals surface area contributed by atoms with E-state index in [2.05, 4.69) is 37.9 Å². The smallest absolute Gasteiger partial charge is 0.0477 e. The summed E-state index contributed by atoms with van der Waals surface area (Å²) in [6.45, 7) is 12.7. The van der Waals surface area contributed by atoms with Gasteiger partial charge in [0.2, 0.25) is 0 Å². The Kier molecular flexibility index (Phi) is 4.91. The first-order valence-electron chi connectivity index (χ1n) is 7.91. The average Bonchev–Trinajstić information content (AvgIpc) is 3.18. The minimum Gasteiger partial charge on any atom is -0.385 e. The Labute approximate surface area is 119 Å². The zero-order chi connectivity index (χ0) is 14.0. The van der Waals surface area contributed by atoms with Crippen molar-refractivity contribution in [2.75, 3.05) is 26.8 Å². The number of rotatable bonds is 5. The third-order valence-corrected chi connectivity index (χ3v) is 4.91. The van der Waals surface area contributed by atoms with Gasteiger partial charge in [-0.05, 0) is 37.5 Å². The molecule has 2 aliphatic rings. The highest BCUT2D eigenvalue weighted by Gasteiger charge is 2.42. The topological polar surface area (TPSA) is 24.5 Å². The Balaban J connectivity index is 1.99. The Morgan fingerprint density at radius 3 is 2.53 bits per heavy atom. The van der Waals surface area contributed by atoms with Gasteiger partial charge in [0.15, 0.2) is 0 Å². The van der Waals surface area contributed by atoms with E-state index in [1.807, 2.05) is 0 Å². The van der Waals surface area contributed by atoms with E-state index in [1.54, 1.807) is 7.11 Å². The van der Waals surface area contributed by atoms with E-state index in [0.29, 0.717) is 17.5 Å². The van der Waals surface area contributed by atoms with E-state index in [0.717, 1.165) is 25.0 Å². The predicted molar refractivity (Wildman–Crippen MR) is 80.4 cm³/mol. The molecule has 0 aromatic carbocycles. The predicted octanol–water partition coefficient (Wildman–Crippen LogP) is 2.51. The van der Waals surface area contributed by atoms with Crippen molar-refractivity contribution in [3.63, 3.8) is 0 Å². The highest BCUT2D eigenvalue weighted by atomic mass is 16.5. The maximum absolute atomic E-state index is 5.27. The molecule has 0 amide bonds. The molecule has 0 radical (unpaired) electrons. The van der Waals surface area contributed by atoms with Gasteiger partial charge >= 0.3 is 0 Å². The second-order valence-corrected chi connectivity index (χ2v) is 7.56. The van der Waals surface area contributed by atoms with Crippen LogP contribution in [0.25, 0.3) is 0 Å². The number of piperazine rings is 1. The van der Waals surface area contributed by atoms with Gasteiger partial charge in [-0.25, -0.2) is 0 Å². The van der Waals surface area contributed by atoms with Crippen molar-refractivity contribution in [1.82, 2.24) is 10.2 Å². The van der Waals surface area contributed by atoms with Gasteiger partial charge in [-0.15, -0.1) is 0 Å². The van der Waals surface area contributed by atoms with Crippen LogP contribution in [0.15, 0.2) is 0 Å². The number of nitrogens with zero attached hydrogens (tertiary/aromatic N) is 1. The van der Waals surface area contributed by atoms with E-state index >= 15 is 0 Å². The number of hydrogen-bond donors (Lipinski definition) is 1. The summed E-state index contributed by atoms with van der Waals surface area (Å²) in [5.41, 5.74) is 0.341. The lowest BCUT2D eigenvalue weighted by molar-refractivity contribution is 0.0332. The molecule has 2 rings (SSSR count). The minimum absolute atomic E-state index is 0.341. The van der Waals surface area contributed by atoms with Crippen molar-refractivity contribution in [2.45, 2.75) is 65.1 Å². The molecule has 1 saturated heterocycles. The molecule has 3 unspecified atom stereocenters. The molecule has 112 valence electrons. The van der Waals surface area contributed by atoms with Gasteiger partial charge in [0.1, 0.15) is 0 Å². The van der Waals surface area contributed by atoms with E-state index < -0.39 is 0 Å². The summed E-state index contributed by atoms with van der Waals surface area (Å²) in [5, 5.41) is 3.80. The second kappa shape index (κ2) is 6.11. The van der Waals surface area contributed by atoms with Gasteiger partial charge < -0.3 is 10.1 Å². The monoisotopic (exact) mass is 268 g/mol. The molecule has 1 aliphatic heterocycles. The molecule has 1 heterocycles. The van der Waals surface area contributed by atoms with Gasteiger partial charge in [-0.2, -0.15) is 0 Å². The fourth-order valence-corrected chi connectivity index (χ4v) is 3.25. The Morgan fingerprint density at radius 1 is 1.32 bits per heavy atom. The van der Waals surface area contributed by atoms with Crippen LogP contribution in [-0.4, -0.2) is 49.8 Å². The van der Waals surface area contributed by atoms with Crippen molar-refractivity contribution >= 4 is 0 Å². The number of methoxy groups -OCH3 is 1. The summed E-state index contributed by atoms with van der Waals surface area (Å²) in [7, 11) is 1.81. The quantitative estimate of drug-likeness (QED) is 0.829. The fraction of sp³-hybridized carbons (Fsp3) is 1.00. The highest BCUT2D eigenvalue weighted by molar-refractivity contribution is 4.99. The van der Waals surface area contributed by atoms with E-state index in [1.165, 1.54) is 25.9 Å². The zero-order valence-electron chi connectivity index (χ0n) is 13.4. The molecular formula is C16H32N2O. The number of hydrogen-bond acceptors (Lipinski definition) is 3. The lowest BCUT2D eigenvalue weighted by Gasteiger charge is -2.47. The molecule has 3 heteroatoms. The van der Waals surface area contributed by atoms with Crippen LogP contribution in [0.2, 0.25) is 0 Å². The molecule has 0 aromatic rings. The van der Waals surface area contributed by atoms with Gasteiger partial charge in [0, 0.05) is 44.9 Å². The van der Waals surface area contributed by atoms with Crippen LogP contribution < -0.4 is 5.32 Å². The van der Waals surface area contributed by atoms with E-state index in [9.17, 15) is 0 Å². The molecular weight excluding hydrogens is 236 g/mol. The van der Waals surface area contributed by atoms with Crippen molar-refractivity contribution in [3.05, 3.63) is 0 Å². The third kappa shape index (κ3) is 3.93. The molecule has 1 N–H and O–H groups in total. The minimum atomic E-state index is 0.341. The van der Waals surface area contributed by atoms with Gasteiger partial charge in [0.25, 0.3) is 0 Å². The zero-order valence-corrected chi connectivity index (χ0v) is 13.4. The normalized spacial score (nSPS) is 31.4. The maximum Gasteiger partial charge on any atom is 0.0477 e. The Morgan fingerprint density at radius 2 is 2.00 bits per heavy atom. The Hall–Kier alpha value is -0.120. The third-order valence-electron chi connectivity index (χ3n) is 4.91. The van der Waals surface area contributed by atoms with Crippen LogP contribution >= 0.6 is 0 Å². The summed E-state index contributed by atoms with van der Waals surface area (Å²) in [6.07, 6.45) is 4.01. The molecule has 19 heavy (non-hydrogen) atoms. The summed E-state index contributed by atoms with van der Waals surface area (Å²) >= 11 is 0. The van der Waals surface area contributed by atoms with Crippen molar-refractivity contribution in [1.29, 1.82) is 0 Å². The van der Waals surface area contributed by atoms with E-state index in [-0.39, 0.29) is 0 Å². The molecule has 3 nitrogen and oxygen atoms in total. The van der Waals surface area contributed by atoms with Gasteiger partial charge in [0.05, 0.1) is 0 Å². The summed E-state index contributed by atoms with van der Waals surface area (Å²) in [6, 6.07) is 2.00. The van der Waals surface area contributed by atoms with Crippen LogP contribution in [0.5, 0.6) is 0 Å². The molecule has 1 aliphatic carbocycles. The SMILES string of the molecule is COCCC(C)N1CC(C(C)(C)C)NCC1C1CC1. The van der Waals surface area contributed by atoms with Crippen LogP contribution in [0.4, 0.5) is 0 Å². The molecule has 0 bridgehead atoms. The molecule has 1 saturated carbocycles. The van der Waals surface area contributed by atoms with Crippen LogP contribution in [0.1, 0.15) is 47.0 Å². The highest BCUT2D eigenvalue weighted by Crippen LogP contribution is 2.38. The number of ether oxygens (including phenoxy) is 1. The maximum atomic E-state index is 5.27. The Bertz CT molecular complexity index is 283. The van der Waals surface area contributed by atoms with Gasteiger partial charge in [-0.3, -0.25) is 4.90 Å². The van der Waals surface area contributed by atoms with Crippen LogP contribution in [-0.2, 0) is 4.74 Å². The largest absolute Gasteiger partial charge is 0.385 e. The summed E-state index contributed by atoms with van der Waals surface area (Å²) in [4.78, 5) is 2.77. The van der Waals surface area contributed by atoms with E-state index in [4.69, 9.17) is 4.74 Å². The molecule has 3 atom stereocenters. The average molecular weight is 268 g/mol. The summed E-state index contributed by atoms with van der Waals surface area (Å²) in [5.74, 6) is 0.943. The lowest BCUT2D eigenvalue weighted by Crippen LogP contribution is -2.63. The fourth-order valence-electron chi connectivity index (χ4n) is 3.25. The van der Waals surface area contributed by atoms with Crippen molar-refractivity contribution in [3.8, 4) is 0 Å². The second-order valence-electron chi connectivity index (χ2n) is 7.56. The van der Waals surface area contributed by atoms with Crippen molar-refractivity contribution in [2.24, 2.45) is 11.3 Å². The first-order chi connectivity index (χ1) is 8.93. The number of nitrogens with one attached hydrogen (secondary N) is 1. The first kappa shape index (κ1) is 15.3. The molecule has 0 aromatic heterocycles. The van der Waals surface area contributed by atoms with Crippen LogP contribution in [0, 0.1) is 11.3 Å². The first-order valence-corrected chi connectivity index (χ1v) is 7.91. The lowest BCUT2D eigenvalue weighted by atomic mass is 9.83. The van der Waals surface area contributed by atoms with Crippen molar-refractivity contribution < 1.29 is 4.74 Å². The standard InChI is InChI=1S/C16H32N2O/c1-12(8-9-19-5)18-11-15(16(2,3)4)17-10-14(18)13-6-7-13/h12-15,17H,6-11H2,1-5H3. The van der Waals surface area contributed by atoms with Gasteiger partial charge in [-0.1, -0.05) is 20.8 Å².